The first kappa shape index (κ1) is 16.0. The van der Waals surface area contributed by atoms with Gasteiger partial charge in [-0.2, -0.15) is 5.10 Å². The number of carboxylic acids is 1. The minimum atomic E-state index is -0.863. The van der Waals surface area contributed by atoms with E-state index in [0.717, 1.165) is 16.6 Å². The molecule has 0 atom stereocenters. The zero-order valence-electron chi connectivity index (χ0n) is 13.1. The average Bonchev–Trinajstić information content (AvgIpc) is 2.73. The number of hydrogen-bond donors (Lipinski definition) is 2. The summed E-state index contributed by atoms with van der Waals surface area (Å²) in [6, 6.07) is 7.76. The van der Waals surface area contributed by atoms with Gasteiger partial charge in [0, 0.05) is 24.4 Å². The van der Waals surface area contributed by atoms with Crippen molar-refractivity contribution in [3.05, 3.63) is 30.0 Å². The number of carbonyl (C=O) groups excluding carboxylic acids is 1. The fourth-order valence-corrected chi connectivity index (χ4v) is 2.47. The Balaban J connectivity index is 2.06. The van der Waals surface area contributed by atoms with Crippen molar-refractivity contribution in [3.63, 3.8) is 0 Å². The molecule has 2 rings (SSSR count). The second-order valence-corrected chi connectivity index (χ2v) is 6.09. The smallest absolute Gasteiger partial charge is 0.303 e. The Morgan fingerprint density at radius 1 is 1.32 bits per heavy atom. The molecule has 22 heavy (non-hydrogen) atoms. The van der Waals surface area contributed by atoms with Gasteiger partial charge >= 0.3 is 5.97 Å². The lowest BCUT2D eigenvalue weighted by molar-refractivity contribution is -0.137. The monoisotopic (exact) mass is 303 g/mol. The molecule has 118 valence electrons. The lowest BCUT2D eigenvalue weighted by Crippen LogP contribution is -2.44. The van der Waals surface area contributed by atoms with E-state index < -0.39 is 11.5 Å². The molecule has 0 aliphatic carbocycles. The molecule has 0 fully saturated rings. The number of nitrogens with one attached hydrogen (secondary N) is 1. The molecular weight excluding hydrogens is 282 g/mol. The normalized spacial score (nSPS) is 11.6. The van der Waals surface area contributed by atoms with E-state index in [-0.39, 0.29) is 18.7 Å². The highest BCUT2D eigenvalue weighted by Gasteiger charge is 2.22. The van der Waals surface area contributed by atoms with Gasteiger partial charge in [0.25, 0.3) is 0 Å². The molecule has 0 aliphatic rings. The first-order chi connectivity index (χ1) is 10.3. The third kappa shape index (κ3) is 3.84. The van der Waals surface area contributed by atoms with Crippen LogP contribution >= 0.6 is 0 Å². The predicted molar refractivity (Wildman–Crippen MR) is 83.5 cm³/mol. The number of carbonyl (C=O) groups is 2. The van der Waals surface area contributed by atoms with Gasteiger partial charge in [-0.25, -0.2) is 0 Å². The van der Waals surface area contributed by atoms with Crippen LogP contribution in [0.3, 0.4) is 0 Å². The van der Waals surface area contributed by atoms with Crippen molar-refractivity contribution < 1.29 is 14.7 Å². The molecule has 0 radical (unpaired) electrons. The molecule has 6 nitrogen and oxygen atoms in total. The minimum Gasteiger partial charge on any atom is -0.481 e. The van der Waals surface area contributed by atoms with Crippen molar-refractivity contribution >= 4 is 22.8 Å². The number of fused-ring (bicyclic) bond motifs is 1. The Labute approximate surface area is 129 Å². The van der Waals surface area contributed by atoms with E-state index in [4.69, 9.17) is 5.11 Å². The van der Waals surface area contributed by atoms with E-state index in [0.29, 0.717) is 6.42 Å². The molecule has 2 N–H and O–H groups in total. The largest absolute Gasteiger partial charge is 0.481 e. The van der Waals surface area contributed by atoms with Crippen LogP contribution in [0.15, 0.2) is 24.3 Å². The number of rotatable bonds is 6. The fraction of sp³-hybridized carbons (Fsp3) is 0.438. The zero-order chi connectivity index (χ0) is 16.3. The summed E-state index contributed by atoms with van der Waals surface area (Å²) in [5, 5.41) is 17.0. The Hall–Kier alpha value is -2.37. The average molecular weight is 303 g/mol. The number of hydrogen-bond acceptors (Lipinski definition) is 3. The van der Waals surface area contributed by atoms with E-state index in [1.807, 2.05) is 45.2 Å². The van der Waals surface area contributed by atoms with Crippen LogP contribution in [0.2, 0.25) is 0 Å². The van der Waals surface area contributed by atoms with Crippen LogP contribution in [0, 0.1) is 0 Å². The quantitative estimate of drug-likeness (QED) is 0.853. The van der Waals surface area contributed by atoms with Crippen LogP contribution in [0.5, 0.6) is 0 Å². The SMILES string of the molecule is Cn1nc(CC(=O)NC(C)(C)CCC(=O)O)c2ccccc21. The summed E-state index contributed by atoms with van der Waals surface area (Å²) < 4.78 is 1.76. The molecule has 0 saturated heterocycles. The second-order valence-electron chi connectivity index (χ2n) is 6.09. The Morgan fingerprint density at radius 3 is 2.68 bits per heavy atom. The summed E-state index contributed by atoms with van der Waals surface area (Å²) in [7, 11) is 1.85. The van der Waals surface area contributed by atoms with Crippen molar-refractivity contribution in [2.75, 3.05) is 0 Å². The van der Waals surface area contributed by atoms with Gasteiger partial charge in [0.05, 0.1) is 17.6 Å². The minimum absolute atomic E-state index is 0.0276. The molecule has 1 amide bonds. The Kier molecular flexibility index (Phi) is 4.49. The summed E-state index contributed by atoms with van der Waals surface area (Å²) >= 11 is 0. The number of aryl methyl sites for hydroxylation is 1. The van der Waals surface area contributed by atoms with Gasteiger partial charge in [-0.3, -0.25) is 14.3 Å². The lowest BCUT2D eigenvalue weighted by Gasteiger charge is -2.25. The van der Waals surface area contributed by atoms with Gasteiger partial charge in [0.1, 0.15) is 0 Å². The third-order valence-corrected chi connectivity index (χ3v) is 3.60. The van der Waals surface area contributed by atoms with Crippen molar-refractivity contribution in [1.29, 1.82) is 0 Å². The van der Waals surface area contributed by atoms with E-state index in [1.165, 1.54) is 0 Å². The van der Waals surface area contributed by atoms with Gasteiger partial charge in [-0.15, -0.1) is 0 Å². The maximum atomic E-state index is 12.2. The number of carboxylic acid groups (broad SMARTS) is 1. The number of nitrogens with zero attached hydrogens (tertiary/aromatic N) is 2. The summed E-state index contributed by atoms with van der Waals surface area (Å²) in [5.41, 5.74) is 1.15. The van der Waals surface area contributed by atoms with Crippen LogP contribution < -0.4 is 5.32 Å². The van der Waals surface area contributed by atoms with Crippen LogP contribution in [0.1, 0.15) is 32.4 Å². The molecule has 0 spiro atoms. The standard InChI is InChI=1S/C16H21N3O3/c1-16(2,9-8-15(21)22)17-14(20)10-12-11-6-4-5-7-13(11)19(3)18-12/h4-7H,8-10H2,1-3H3,(H,17,20)(H,21,22). The first-order valence-corrected chi connectivity index (χ1v) is 7.22. The number of amides is 1. The first-order valence-electron chi connectivity index (χ1n) is 7.22. The number of para-hydroxylation sites is 1. The molecule has 0 saturated carbocycles. The number of benzene rings is 1. The van der Waals surface area contributed by atoms with Crippen LogP contribution in [-0.4, -0.2) is 32.3 Å². The highest BCUT2D eigenvalue weighted by molar-refractivity contribution is 5.87. The molecule has 1 aromatic heterocycles. The molecular formula is C16H21N3O3. The van der Waals surface area contributed by atoms with E-state index in [2.05, 4.69) is 10.4 Å². The van der Waals surface area contributed by atoms with Crippen molar-refractivity contribution in [1.82, 2.24) is 15.1 Å². The van der Waals surface area contributed by atoms with Crippen molar-refractivity contribution in [2.45, 2.75) is 38.6 Å². The van der Waals surface area contributed by atoms with Crippen LogP contribution in [-0.2, 0) is 23.1 Å². The molecule has 0 aliphatic heterocycles. The summed E-state index contributed by atoms with van der Waals surface area (Å²) in [4.78, 5) is 22.9. The summed E-state index contributed by atoms with van der Waals surface area (Å²) in [5.74, 6) is -1.02. The Bertz CT molecular complexity index is 704. The number of aromatic nitrogens is 2. The summed E-state index contributed by atoms with van der Waals surface area (Å²) in [6.45, 7) is 3.65. The van der Waals surface area contributed by atoms with Gasteiger partial charge in [0.2, 0.25) is 5.91 Å². The predicted octanol–water partition coefficient (Wildman–Crippen LogP) is 1.88. The number of aliphatic carboxylic acids is 1. The van der Waals surface area contributed by atoms with Crippen molar-refractivity contribution in [2.24, 2.45) is 7.05 Å². The molecule has 0 bridgehead atoms. The van der Waals surface area contributed by atoms with E-state index in [1.54, 1.807) is 4.68 Å². The molecule has 0 unspecified atom stereocenters. The van der Waals surface area contributed by atoms with Gasteiger partial charge in [-0.05, 0) is 26.3 Å². The maximum absolute atomic E-state index is 12.2. The van der Waals surface area contributed by atoms with Gasteiger partial charge < -0.3 is 10.4 Å². The van der Waals surface area contributed by atoms with E-state index >= 15 is 0 Å². The van der Waals surface area contributed by atoms with Gasteiger partial charge in [-0.1, -0.05) is 18.2 Å². The van der Waals surface area contributed by atoms with Crippen molar-refractivity contribution in [3.8, 4) is 0 Å². The molecule has 1 heterocycles. The fourth-order valence-electron chi connectivity index (χ4n) is 2.47. The molecule has 1 aromatic carbocycles. The highest BCUT2D eigenvalue weighted by atomic mass is 16.4. The van der Waals surface area contributed by atoms with Crippen LogP contribution in [0.4, 0.5) is 0 Å². The topological polar surface area (TPSA) is 84.2 Å². The third-order valence-electron chi connectivity index (χ3n) is 3.60. The van der Waals surface area contributed by atoms with Gasteiger partial charge in [0.15, 0.2) is 0 Å². The molecule has 2 aromatic rings. The van der Waals surface area contributed by atoms with E-state index in [9.17, 15) is 9.59 Å². The van der Waals surface area contributed by atoms with Crippen LogP contribution in [0.25, 0.3) is 10.9 Å². The lowest BCUT2D eigenvalue weighted by atomic mass is 9.98. The highest BCUT2D eigenvalue weighted by Crippen LogP contribution is 2.18. The molecule has 6 heteroatoms. The maximum Gasteiger partial charge on any atom is 0.303 e. The summed E-state index contributed by atoms with van der Waals surface area (Å²) in [6.07, 6.45) is 0.592. The zero-order valence-corrected chi connectivity index (χ0v) is 13.1. The second kappa shape index (κ2) is 6.17. The Morgan fingerprint density at radius 2 is 2.00 bits per heavy atom.